The number of carboxylic acid groups (broad SMARTS) is 1. The van der Waals surface area contributed by atoms with Crippen LogP contribution in [0.3, 0.4) is 0 Å². The number of likely N-dealkylation sites (tertiary alicyclic amines) is 1. The Morgan fingerprint density at radius 1 is 1.30 bits per heavy atom. The normalized spacial score (nSPS) is 23.1. The third kappa shape index (κ3) is 3.46. The van der Waals surface area contributed by atoms with Gasteiger partial charge < -0.3 is 19.7 Å². The highest BCUT2D eigenvalue weighted by Gasteiger charge is 2.50. The number of hydrogen-bond acceptors (Lipinski definition) is 3. The lowest BCUT2D eigenvalue weighted by molar-refractivity contribution is -0.163. The van der Waals surface area contributed by atoms with Crippen molar-refractivity contribution in [1.82, 2.24) is 9.47 Å². The molecule has 6 nitrogen and oxygen atoms in total. The predicted octanol–water partition coefficient (Wildman–Crippen LogP) is 2.89. The molecule has 27 heavy (non-hydrogen) atoms. The molecule has 0 bridgehead atoms. The summed E-state index contributed by atoms with van der Waals surface area (Å²) in [4.78, 5) is 26.9. The highest BCUT2D eigenvalue weighted by Crippen LogP contribution is 2.37. The van der Waals surface area contributed by atoms with Crippen molar-refractivity contribution in [3.8, 4) is 0 Å². The van der Waals surface area contributed by atoms with Gasteiger partial charge in [-0.2, -0.15) is 0 Å². The fourth-order valence-electron chi connectivity index (χ4n) is 4.02. The van der Waals surface area contributed by atoms with Gasteiger partial charge in [-0.15, -0.1) is 0 Å². The topological polar surface area (TPSA) is 82.8 Å². The maximum Gasteiger partial charge on any atom is 0.314 e. The Kier molecular flexibility index (Phi) is 5.29. The number of para-hydroxylation sites is 1. The van der Waals surface area contributed by atoms with Crippen molar-refractivity contribution >= 4 is 22.8 Å². The zero-order chi connectivity index (χ0) is 19.8. The summed E-state index contributed by atoms with van der Waals surface area (Å²) in [5, 5.41) is 21.4. The van der Waals surface area contributed by atoms with E-state index in [-0.39, 0.29) is 18.9 Å². The van der Waals surface area contributed by atoms with Crippen molar-refractivity contribution in [2.45, 2.75) is 39.2 Å². The van der Waals surface area contributed by atoms with E-state index >= 15 is 0 Å². The van der Waals surface area contributed by atoms with Crippen LogP contribution in [0.4, 0.5) is 0 Å². The molecule has 0 aliphatic carbocycles. The molecule has 146 valence electrons. The number of nitrogens with zero attached hydrogens (tertiary/aromatic N) is 2. The SMILES string of the molecule is CC(C)CC[C@@]1(C(=O)O)CN(C(=O)c2cc3ccccc3n2C)CC[C@H]1O. The van der Waals surface area contributed by atoms with Gasteiger partial charge in [-0.25, -0.2) is 0 Å². The van der Waals surface area contributed by atoms with Gasteiger partial charge >= 0.3 is 5.97 Å². The monoisotopic (exact) mass is 372 g/mol. The molecule has 0 unspecified atom stereocenters. The number of fused-ring (bicyclic) bond motifs is 1. The predicted molar refractivity (Wildman–Crippen MR) is 104 cm³/mol. The van der Waals surface area contributed by atoms with Crippen molar-refractivity contribution in [2.75, 3.05) is 13.1 Å². The number of aliphatic hydroxyl groups excluding tert-OH is 1. The number of carbonyl (C=O) groups is 2. The molecule has 6 heteroatoms. The number of aliphatic hydroxyl groups is 1. The van der Waals surface area contributed by atoms with E-state index in [1.165, 1.54) is 0 Å². The third-order valence-electron chi connectivity index (χ3n) is 5.84. The van der Waals surface area contributed by atoms with Crippen LogP contribution in [0.5, 0.6) is 0 Å². The number of carbonyl (C=O) groups excluding carboxylic acids is 1. The summed E-state index contributed by atoms with van der Waals surface area (Å²) in [6, 6.07) is 9.61. The van der Waals surface area contributed by atoms with Crippen LogP contribution < -0.4 is 0 Å². The largest absolute Gasteiger partial charge is 0.481 e. The maximum absolute atomic E-state index is 13.2. The van der Waals surface area contributed by atoms with Crippen LogP contribution in [0.1, 0.15) is 43.6 Å². The average Bonchev–Trinajstić information content (AvgIpc) is 2.97. The Balaban J connectivity index is 1.90. The molecule has 2 heterocycles. The van der Waals surface area contributed by atoms with Crippen molar-refractivity contribution < 1.29 is 19.8 Å². The molecule has 0 saturated carbocycles. The Bertz CT molecular complexity index is 857. The molecule has 1 aliphatic rings. The highest BCUT2D eigenvalue weighted by atomic mass is 16.4. The first-order valence-corrected chi connectivity index (χ1v) is 9.51. The molecule has 0 radical (unpaired) electrons. The first-order chi connectivity index (χ1) is 12.8. The second kappa shape index (κ2) is 7.35. The lowest BCUT2D eigenvalue weighted by atomic mass is 9.72. The molecule has 3 rings (SSSR count). The quantitative estimate of drug-likeness (QED) is 0.845. The molecule has 0 spiro atoms. The number of amides is 1. The van der Waals surface area contributed by atoms with Crippen molar-refractivity contribution in [3.63, 3.8) is 0 Å². The number of benzene rings is 1. The van der Waals surface area contributed by atoms with Crippen molar-refractivity contribution in [2.24, 2.45) is 18.4 Å². The number of aryl methyl sites for hydroxylation is 1. The zero-order valence-electron chi connectivity index (χ0n) is 16.2. The Hall–Kier alpha value is -2.34. The Morgan fingerprint density at radius 3 is 2.63 bits per heavy atom. The van der Waals surface area contributed by atoms with Crippen LogP contribution in [0.25, 0.3) is 10.9 Å². The number of carboxylic acids is 1. The molecule has 2 atom stereocenters. The molecular formula is C21H28N2O4. The summed E-state index contributed by atoms with van der Waals surface area (Å²) in [6.07, 6.45) is 0.393. The van der Waals surface area contributed by atoms with Gasteiger partial charge in [0.2, 0.25) is 0 Å². The average molecular weight is 372 g/mol. The van der Waals surface area contributed by atoms with E-state index in [9.17, 15) is 19.8 Å². The van der Waals surface area contributed by atoms with Gasteiger partial charge in [0, 0.05) is 31.0 Å². The minimum atomic E-state index is -1.30. The van der Waals surface area contributed by atoms with E-state index in [4.69, 9.17) is 0 Å². The van der Waals surface area contributed by atoms with Crippen LogP contribution in [0, 0.1) is 11.3 Å². The molecule has 1 aliphatic heterocycles. The molecule has 2 aromatic rings. The first kappa shape index (κ1) is 19.4. The maximum atomic E-state index is 13.2. The number of aliphatic carboxylic acids is 1. The number of aromatic nitrogens is 1. The van der Waals surface area contributed by atoms with E-state index in [2.05, 4.69) is 0 Å². The van der Waals surface area contributed by atoms with E-state index in [0.29, 0.717) is 31.0 Å². The summed E-state index contributed by atoms with van der Waals surface area (Å²) < 4.78 is 1.85. The van der Waals surface area contributed by atoms with Crippen LogP contribution in [0.15, 0.2) is 30.3 Å². The Morgan fingerprint density at radius 2 is 2.00 bits per heavy atom. The summed E-state index contributed by atoms with van der Waals surface area (Å²) in [5.41, 5.74) is 0.195. The van der Waals surface area contributed by atoms with Gasteiger partial charge in [-0.05, 0) is 37.3 Å². The molecule has 1 fully saturated rings. The van der Waals surface area contributed by atoms with Crippen LogP contribution in [-0.4, -0.2) is 50.8 Å². The van der Waals surface area contributed by atoms with E-state index in [0.717, 1.165) is 10.9 Å². The Labute approximate surface area is 159 Å². The van der Waals surface area contributed by atoms with Gasteiger partial charge in [-0.1, -0.05) is 32.0 Å². The highest BCUT2D eigenvalue weighted by molar-refractivity contribution is 5.99. The summed E-state index contributed by atoms with van der Waals surface area (Å²) in [7, 11) is 1.84. The van der Waals surface area contributed by atoms with Crippen molar-refractivity contribution in [3.05, 3.63) is 36.0 Å². The van der Waals surface area contributed by atoms with E-state index in [1.54, 1.807) is 4.90 Å². The zero-order valence-corrected chi connectivity index (χ0v) is 16.2. The second-order valence-electron chi connectivity index (χ2n) is 8.07. The number of piperidine rings is 1. The summed E-state index contributed by atoms with van der Waals surface area (Å²) >= 11 is 0. The van der Waals surface area contributed by atoms with Crippen molar-refractivity contribution in [1.29, 1.82) is 0 Å². The number of rotatable bonds is 5. The fraction of sp³-hybridized carbons (Fsp3) is 0.524. The smallest absolute Gasteiger partial charge is 0.314 e. The van der Waals surface area contributed by atoms with Gasteiger partial charge in [0.05, 0.1) is 6.10 Å². The van der Waals surface area contributed by atoms with Gasteiger partial charge in [0.15, 0.2) is 0 Å². The van der Waals surface area contributed by atoms with E-state index < -0.39 is 17.5 Å². The minimum Gasteiger partial charge on any atom is -0.481 e. The van der Waals surface area contributed by atoms with Gasteiger partial charge in [0.25, 0.3) is 5.91 Å². The standard InChI is InChI=1S/C21H28N2O4/c1-14(2)8-10-21(20(26)27)13-23(11-9-18(21)24)19(25)17-12-15-6-4-5-7-16(15)22(17)3/h4-7,12,14,18,24H,8-11,13H2,1-3H3,(H,26,27)/t18-,21-/m1/s1. The molecule has 2 N–H and O–H groups in total. The molecule has 1 amide bonds. The first-order valence-electron chi connectivity index (χ1n) is 9.51. The lowest BCUT2D eigenvalue weighted by Crippen LogP contribution is -2.57. The second-order valence-corrected chi connectivity index (χ2v) is 8.07. The van der Waals surface area contributed by atoms with Gasteiger partial charge in [0.1, 0.15) is 11.1 Å². The third-order valence-corrected chi connectivity index (χ3v) is 5.84. The molecular weight excluding hydrogens is 344 g/mol. The van der Waals surface area contributed by atoms with Crippen LogP contribution in [-0.2, 0) is 11.8 Å². The van der Waals surface area contributed by atoms with Crippen LogP contribution >= 0.6 is 0 Å². The minimum absolute atomic E-state index is 0.0383. The fourth-order valence-corrected chi connectivity index (χ4v) is 4.02. The molecule has 1 saturated heterocycles. The summed E-state index contributed by atoms with van der Waals surface area (Å²) in [6.45, 7) is 4.46. The molecule has 1 aromatic heterocycles. The number of hydrogen-bond donors (Lipinski definition) is 2. The summed E-state index contributed by atoms with van der Waals surface area (Å²) in [5.74, 6) is -0.876. The lowest BCUT2D eigenvalue weighted by Gasteiger charge is -2.43. The van der Waals surface area contributed by atoms with E-state index in [1.807, 2.05) is 55.8 Å². The molecule has 1 aromatic carbocycles. The van der Waals surface area contributed by atoms with Gasteiger partial charge in [-0.3, -0.25) is 9.59 Å². The van der Waals surface area contributed by atoms with Crippen LogP contribution in [0.2, 0.25) is 0 Å².